The molecule has 0 radical (unpaired) electrons. The first kappa shape index (κ1) is 21.1. The lowest BCUT2D eigenvalue weighted by atomic mass is 9.91. The van der Waals surface area contributed by atoms with Gasteiger partial charge in [-0.1, -0.05) is 78.4 Å². The zero-order chi connectivity index (χ0) is 22.1. The Labute approximate surface area is 190 Å². The quantitative estimate of drug-likeness (QED) is 0.555. The number of aliphatic hydroxyl groups is 1. The maximum atomic E-state index is 13.0. The monoisotopic (exact) mass is 425 g/mol. The Morgan fingerprint density at radius 1 is 0.906 bits per heavy atom. The van der Waals surface area contributed by atoms with E-state index in [1.54, 1.807) is 0 Å². The van der Waals surface area contributed by atoms with Crippen LogP contribution in [0.25, 0.3) is 11.1 Å². The second-order valence-electron chi connectivity index (χ2n) is 9.88. The number of benzene rings is 3. The highest BCUT2D eigenvalue weighted by atomic mass is 16.3. The fourth-order valence-corrected chi connectivity index (χ4v) is 5.80. The Balaban J connectivity index is 1.20. The van der Waals surface area contributed by atoms with E-state index < -0.39 is 5.60 Å². The summed E-state index contributed by atoms with van der Waals surface area (Å²) in [6.45, 7) is 4.36. The summed E-state index contributed by atoms with van der Waals surface area (Å²) in [5.74, 6) is 1.14. The molecular weight excluding hydrogens is 394 g/mol. The van der Waals surface area contributed by atoms with Gasteiger partial charge in [0.15, 0.2) is 5.78 Å². The standard InChI is InChI=1S/C29H31NO2/c1-21-7-5-10-23(13-21)24-11-6-12-25(14-24)28(31)20-30-18-26-16-29(32,17-27(26)19-30)15-22-8-3-2-4-9-22/h2-14,26-27,32H,15-20H2,1H3/t26-,27+,29?. The number of aryl methyl sites for hydroxylation is 1. The first-order chi connectivity index (χ1) is 15.5. The molecule has 1 unspecified atom stereocenters. The van der Waals surface area contributed by atoms with E-state index in [1.807, 2.05) is 36.4 Å². The van der Waals surface area contributed by atoms with Crippen LogP contribution in [0.2, 0.25) is 0 Å². The van der Waals surface area contributed by atoms with Gasteiger partial charge in [0.25, 0.3) is 0 Å². The van der Waals surface area contributed by atoms with E-state index in [1.165, 1.54) is 11.1 Å². The lowest BCUT2D eigenvalue weighted by Crippen LogP contribution is -2.34. The molecule has 3 aromatic carbocycles. The third-order valence-corrected chi connectivity index (χ3v) is 7.22. The molecule has 32 heavy (non-hydrogen) atoms. The molecule has 1 saturated heterocycles. The first-order valence-corrected chi connectivity index (χ1v) is 11.7. The minimum absolute atomic E-state index is 0.180. The molecule has 0 amide bonds. The molecule has 3 atom stereocenters. The maximum absolute atomic E-state index is 13.0. The lowest BCUT2D eigenvalue weighted by molar-refractivity contribution is 0.0355. The van der Waals surface area contributed by atoms with E-state index in [0.717, 1.165) is 49.0 Å². The van der Waals surface area contributed by atoms with Crippen molar-refractivity contribution < 1.29 is 9.90 Å². The van der Waals surface area contributed by atoms with Gasteiger partial charge in [-0.25, -0.2) is 0 Å². The number of hydrogen-bond donors (Lipinski definition) is 1. The molecule has 2 fully saturated rings. The van der Waals surface area contributed by atoms with Crippen LogP contribution < -0.4 is 0 Å². The van der Waals surface area contributed by atoms with Gasteiger partial charge in [0.1, 0.15) is 0 Å². The largest absolute Gasteiger partial charge is 0.390 e. The molecule has 0 aromatic heterocycles. The van der Waals surface area contributed by atoms with E-state index in [2.05, 4.69) is 54.3 Å². The molecular formula is C29H31NO2. The van der Waals surface area contributed by atoms with Crippen molar-refractivity contribution in [3.05, 3.63) is 95.6 Å². The van der Waals surface area contributed by atoms with Crippen molar-refractivity contribution in [2.24, 2.45) is 11.8 Å². The van der Waals surface area contributed by atoms with E-state index in [-0.39, 0.29) is 5.78 Å². The molecule has 1 heterocycles. The van der Waals surface area contributed by atoms with Crippen LogP contribution in [-0.2, 0) is 6.42 Å². The normalized spacial score (nSPS) is 25.1. The Bertz CT molecular complexity index is 1090. The second-order valence-corrected chi connectivity index (χ2v) is 9.88. The Morgan fingerprint density at radius 2 is 1.56 bits per heavy atom. The van der Waals surface area contributed by atoms with Crippen LogP contribution in [0.1, 0.15) is 34.3 Å². The average molecular weight is 426 g/mol. The first-order valence-electron chi connectivity index (χ1n) is 11.7. The highest BCUT2D eigenvalue weighted by Crippen LogP contribution is 2.45. The fourth-order valence-electron chi connectivity index (χ4n) is 5.80. The topological polar surface area (TPSA) is 40.5 Å². The van der Waals surface area contributed by atoms with Gasteiger partial charge in [-0.3, -0.25) is 9.69 Å². The molecule has 3 heteroatoms. The number of rotatable bonds is 6. The van der Waals surface area contributed by atoms with Crippen LogP contribution in [0.5, 0.6) is 0 Å². The molecule has 0 spiro atoms. The molecule has 0 bridgehead atoms. The summed E-state index contributed by atoms with van der Waals surface area (Å²) in [4.78, 5) is 15.3. The molecule has 2 aliphatic rings. The lowest BCUT2D eigenvalue weighted by Gasteiger charge is -2.26. The van der Waals surface area contributed by atoms with Crippen LogP contribution in [0, 0.1) is 18.8 Å². The summed E-state index contributed by atoms with van der Waals surface area (Å²) in [5, 5.41) is 11.2. The van der Waals surface area contributed by atoms with Gasteiger partial charge >= 0.3 is 0 Å². The molecule has 3 nitrogen and oxygen atoms in total. The smallest absolute Gasteiger partial charge is 0.176 e. The molecule has 3 aromatic rings. The molecule has 1 aliphatic carbocycles. The summed E-state index contributed by atoms with van der Waals surface area (Å²) in [6, 6.07) is 26.7. The number of carbonyl (C=O) groups excluding carboxylic acids is 1. The van der Waals surface area contributed by atoms with Crippen molar-refractivity contribution >= 4 is 5.78 Å². The summed E-state index contributed by atoms with van der Waals surface area (Å²) < 4.78 is 0. The van der Waals surface area contributed by atoms with E-state index in [9.17, 15) is 9.90 Å². The summed E-state index contributed by atoms with van der Waals surface area (Å²) in [6.07, 6.45) is 2.39. The van der Waals surface area contributed by atoms with Crippen molar-refractivity contribution in [3.8, 4) is 11.1 Å². The molecule has 1 N–H and O–H groups in total. The van der Waals surface area contributed by atoms with Crippen LogP contribution in [-0.4, -0.2) is 41.0 Å². The van der Waals surface area contributed by atoms with Crippen LogP contribution in [0.3, 0.4) is 0 Å². The summed E-state index contributed by atoms with van der Waals surface area (Å²) in [7, 11) is 0. The van der Waals surface area contributed by atoms with Gasteiger partial charge in [-0.15, -0.1) is 0 Å². The highest BCUT2D eigenvalue weighted by molar-refractivity contribution is 5.98. The van der Waals surface area contributed by atoms with Gasteiger partial charge in [0.2, 0.25) is 0 Å². The zero-order valence-corrected chi connectivity index (χ0v) is 18.7. The number of Topliss-reactive ketones (excluding diaryl/α,β-unsaturated/α-hetero) is 1. The summed E-state index contributed by atoms with van der Waals surface area (Å²) >= 11 is 0. The second kappa shape index (κ2) is 8.65. The van der Waals surface area contributed by atoms with Gasteiger partial charge in [0, 0.05) is 25.1 Å². The van der Waals surface area contributed by atoms with Crippen molar-refractivity contribution in [1.29, 1.82) is 0 Å². The molecule has 5 rings (SSSR count). The molecule has 1 aliphatic heterocycles. The third kappa shape index (κ3) is 4.55. The molecule has 164 valence electrons. The third-order valence-electron chi connectivity index (χ3n) is 7.22. The van der Waals surface area contributed by atoms with E-state index in [0.29, 0.717) is 18.4 Å². The highest BCUT2D eigenvalue weighted by Gasteiger charge is 2.48. The van der Waals surface area contributed by atoms with Crippen LogP contribution >= 0.6 is 0 Å². The van der Waals surface area contributed by atoms with E-state index >= 15 is 0 Å². The van der Waals surface area contributed by atoms with Crippen molar-refractivity contribution in [1.82, 2.24) is 4.90 Å². The maximum Gasteiger partial charge on any atom is 0.176 e. The van der Waals surface area contributed by atoms with Crippen LogP contribution in [0.15, 0.2) is 78.9 Å². The Hall–Kier alpha value is -2.75. The van der Waals surface area contributed by atoms with Crippen molar-refractivity contribution in [3.63, 3.8) is 0 Å². The number of carbonyl (C=O) groups is 1. The Kier molecular flexibility index (Phi) is 5.71. The number of ketones is 1. The minimum atomic E-state index is -0.602. The summed E-state index contributed by atoms with van der Waals surface area (Å²) in [5.41, 5.74) is 4.83. The average Bonchev–Trinajstić information content (AvgIpc) is 3.28. The predicted octanol–water partition coefficient (Wildman–Crippen LogP) is 5.16. The predicted molar refractivity (Wildman–Crippen MR) is 129 cm³/mol. The fraction of sp³-hybridized carbons (Fsp3) is 0.345. The van der Waals surface area contributed by atoms with Crippen molar-refractivity contribution in [2.75, 3.05) is 19.6 Å². The number of fused-ring (bicyclic) bond motifs is 1. The van der Waals surface area contributed by atoms with Gasteiger partial charge in [-0.05, 0) is 54.4 Å². The SMILES string of the molecule is Cc1cccc(-c2cccc(C(=O)CN3C[C@@H]4CC(O)(Cc5ccccc5)C[C@@H]4C3)c2)c1. The Morgan fingerprint density at radius 3 is 2.25 bits per heavy atom. The number of likely N-dealkylation sites (tertiary alicyclic amines) is 1. The number of nitrogens with zero attached hydrogens (tertiary/aromatic N) is 1. The van der Waals surface area contributed by atoms with E-state index in [4.69, 9.17) is 0 Å². The number of hydrogen-bond acceptors (Lipinski definition) is 3. The molecule has 1 saturated carbocycles. The van der Waals surface area contributed by atoms with Gasteiger partial charge in [-0.2, -0.15) is 0 Å². The zero-order valence-electron chi connectivity index (χ0n) is 18.7. The van der Waals surface area contributed by atoms with Gasteiger partial charge in [0.05, 0.1) is 12.1 Å². The van der Waals surface area contributed by atoms with Gasteiger partial charge < -0.3 is 5.11 Å². The minimum Gasteiger partial charge on any atom is -0.390 e. The van der Waals surface area contributed by atoms with Crippen LogP contribution in [0.4, 0.5) is 0 Å². The van der Waals surface area contributed by atoms with Crippen molar-refractivity contribution in [2.45, 2.75) is 31.8 Å².